The van der Waals surface area contributed by atoms with Crippen LogP contribution in [0.5, 0.6) is 0 Å². The van der Waals surface area contributed by atoms with E-state index in [-0.39, 0.29) is 17.9 Å². The summed E-state index contributed by atoms with van der Waals surface area (Å²) in [5.74, 6) is -0.397. The molecule has 1 fully saturated rings. The fraction of sp³-hybridized carbons (Fsp3) is 0.875. The molecule has 0 bridgehead atoms. The van der Waals surface area contributed by atoms with Gasteiger partial charge in [0.05, 0.1) is 19.1 Å². The third kappa shape index (κ3) is 1.95. The predicted molar refractivity (Wildman–Crippen MR) is 43.3 cm³/mol. The van der Waals surface area contributed by atoms with Crippen molar-refractivity contribution in [2.24, 2.45) is 11.7 Å². The fourth-order valence-electron chi connectivity index (χ4n) is 1.55. The minimum atomic E-state index is -0.553. The smallest absolute Gasteiger partial charge is 0.308 e. The van der Waals surface area contributed by atoms with Crippen LogP contribution in [0.3, 0.4) is 0 Å². The number of aliphatic hydroxyl groups is 1. The van der Waals surface area contributed by atoms with Crippen LogP contribution in [0.15, 0.2) is 0 Å². The summed E-state index contributed by atoms with van der Waals surface area (Å²) in [6.45, 7) is 0. The maximum Gasteiger partial charge on any atom is 0.308 e. The highest BCUT2D eigenvalue weighted by Gasteiger charge is 2.31. The summed E-state index contributed by atoms with van der Waals surface area (Å²) in [7, 11) is 1.36. The van der Waals surface area contributed by atoms with E-state index >= 15 is 0 Å². The normalized spacial score (nSPS) is 36.1. The molecule has 1 aliphatic rings. The molecule has 3 N–H and O–H groups in total. The van der Waals surface area contributed by atoms with Gasteiger partial charge in [-0.15, -0.1) is 0 Å². The van der Waals surface area contributed by atoms with Gasteiger partial charge in [0.2, 0.25) is 0 Å². The highest BCUT2D eigenvalue weighted by atomic mass is 16.5. The van der Waals surface area contributed by atoms with Crippen LogP contribution in [0.25, 0.3) is 0 Å². The second kappa shape index (κ2) is 3.87. The number of ether oxygens (including phenoxy) is 1. The Labute approximate surface area is 71.7 Å². The van der Waals surface area contributed by atoms with Gasteiger partial charge in [-0.3, -0.25) is 4.79 Å². The standard InChI is InChI=1S/C8H15NO3/c1-12-8(11)5-2-3-6(9)7(10)4-5/h5-7,10H,2-4,9H2,1H3/t5-,6-,7-/m1/s1. The minimum Gasteiger partial charge on any atom is -0.469 e. The number of carbonyl (C=O) groups is 1. The molecular weight excluding hydrogens is 158 g/mol. The molecule has 0 aliphatic heterocycles. The largest absolute Gasteiger partial charge is 0.469 e. The highest BCUT2D eigenvalue weighted by Crippen LogP contribution is 2.24. The molecule has 0 unspecified atom stereocenters. The average molecular weight is 173 g/mol. The van der Waals surface area contributed by atoms with Crippen LogP contribution in [0.4, 0.5) is 0 Å². The molecule has 1 saturated carbocycles. The van der Waals surface area contributed by atoms with E-state index in [4.69, 9.17) is 5.73 Å². The van der Waals surface area contributed by atoms with E-state index in [9.17, 15) is 9.90 Å². The number of esters is 1. The van der Waals surface area contributed by atoms with Crippen LogP contribution in [0.2, 0.25) is 0 Å². The first-order valence-electron chi connectivity index (χ1n) is 4.16. The molecule has 0 heterocycles. The maximum absolute atomic E-state index is 11.0. The molecule has 4 nitrogen and oxygen atoms in total. The molecule has 0 amide bonds. The third-order valence-corrected chi connectivity index (χ3v) is 2.40. The van der Waals surface area contributed by atoms with Gasteiger partial charge in [-0.25, -0.2) is 0 Å². The van der Waals surface area contributed by atoms with Gasteiger partial charge < -0.3 is 15.6 Å². The molecule has 1 aliphatic carbocycles. The summed E-state index contributed by atoms with van der Waals surface area (Å²) in [5, 5.41) is 9.36. The Kier molecular flexibility index (Phi) is 3.05. The number of aliphatic hydroxyl groups excluding tert-OH is 1. The van der Waals surface area contributed by atoms with Gasteiger partial charge >= 0.3 is 5.97 Å². The summed E-state index contributed by atoms with van der Waals surface area (Å²) in [5.41, 5.74) is 5.58. The van der Waals surface area contributed by atoms with Gasteiger partial charge in [0.25, 0.3) is 0 Å². The Morgan fingerprint density at radius 3 is 2.75 bits per heavy atom. The van der Waals surface area contributed by atoms with Crippen molar-refractivity contribution in [2.45, 2.75) is 31.4 Å². The number of methoxy groups -OCH3 is 1. The monoisotopic (exact) mass is 173 g/mol. The van der Waals surface area contributed by atoms with E-state index in [1.165, 1.54) is 7.11 Å². The zero-order valence-electron chi connectivity index (χ0n) is 7.19. The van der Waals surface area contributed by atoms with Crippen molar-refractivity contribution in [1.82, 2.24) is 0 Å². The van der Waals surface area contributed by atoms with E-state index in [2.05, 4.69) is 4.74 Å². The van der Waals surface area contributed by atoms with Crippen molar-refractivity contribution in [1.29, 1.82) is 0 Å². The molecule has 4 heteroatoms. The van der Waals surface area contributed by atoms with Gasteiger partial charge in [0.1, 0.15) is 0 Å². The Hall–Kier alpha value is -0.610. The second-order valence-corrected chi connectivity index (χ2v) is 3.26. The number of nitrogens with two attached hydrogens (primary N) is 1. The molecule has 1 rings (SSSR count). The van der Waals surface area contributed by atoms with Gasteiger partial charge in [-0.1, -0.05) is 0 Å². The van der Waals surface area contributed by atoms with Gasteiger partial charge in [0.15, 0.2) is 0 Å². The lowest BCUT2D eigenvalue weighted by Crippen LogP contribution is -2.42. The minimum absolute atomic E-state index is 0.162. The first-order chi connectivity index (χ1) is 5.65. The van der Waals surface area contributed by atoms with Crippen LogP contribution in [-0.2, 0) is 9.53 Å². The van der Waals surface area contributed by atoms with Crippen molar-refractivity contribution < 1.29 is 14.6 Å². The quantitative estimate of drug-likeness (QED) is 0.531. The van der Waals surface area contributed by atoms with Crippen molar-refractivity contribution in [3.8, 4) is 0 Å². The second-order valence-electron chi connectivity index (χ2n) is 3.26. The van der Waals surface area contributed by atoms with Crippen molar-refractivity contribution >= 4 is 5.97 Å². The molecular formula is C8H15NO3. The summed E-state index contributed by atoms with van der Waals surface area (Å²) in [6, 6.07) is -0.175. The predicted octanol–water partition coefficient (Wildman–Crippen LogP) is -0.352. The Bertz CT molecular complexity index is 172. The first kappa shape index (κ1) is 9.48. The van der Waals surface area contributed by atoms with E-state index in [0.717, 1.165) is 6.42 Å². The van der Waals surface area contributed by atoms with E-state index in [0.29, 0.717) is 12.8 Å². The summed E-state index contributed by atoms with van der Waals surface area (Å²) in [6.07, 6.45) is 1.31. The topological polar surface area (TPSA) is 72.5 Å². The number of hydrogen-bond acceptors (Lipinski definition) is 4. The van der Waals surface area contributed by atoms with E-state index < -0.39 is 6.10 Å². The lowest BCUT2D eigenvalue weighted by atomic mass is 9.84. The fourth-order valence-corrected chi connectivity index (χ4v) is 1.55. The van der Waals surface area contributed by atoms with Crippen LogP contribution in [0.1, 0.15) is 19.3 Å². The van der Waals surface area contributed by atoms with Gasteiger partial charge in [-0.2, -0.15) is 0 Å². The molecule has 0 aromatic rings. The SMILES string of the molecule is COC(=O)[C@@H]1CC[C@@H](N)[C@H](O)C1. The number of hydrogen-bond donors (Lipinski definition) is 2. The number of carbonyl (C=O) groups excluding carboxylic acids is 1. The Morgan fingerprint density at radius 1 is 1.58 bits per heavy atom. The first-order valence-corrected chi connectivity index (χ1v) is 4.16. The third-order valence-electron chi connectivity index (χ3n) is 2.40. The molecule has 0 aromatic carbocycles. The number of rotatable bonds is 1. The summed E-state index contributed by atoms with van der Waals surface area (Å²) < 4.78 is 4.58. The molecule has 0 saturated heterocycles. The summed E-state index contributed by atoms with van der Waals surface area (Å²) >= 11 is 0. The lowest BCUT2D eigenvalue weighted by Gasteiger charge is -2.28. The molecule has 0 radical (unpaired) electrons. The van der Waals surface area contributed by atoms with E-state index in [1.807, 2.05) is 0 Å². The zero-order valence-corrected chi connectivity index (χ0v) is 7.19. The maximum atomic E-state index is 11.0. The van der Waals surface area contributed by atoms with Crippen LogP contribution >= 0.6 is 0 Å². The van der Waals surface area contributed by atoms with Crippen LogP contribution in [-0.4, -0.2) is 30.3 Å². The Balaban J connectivity index is 2.45. The molecule has 12 heavy (non-hydrogen) atoms. The molecule has 0 aromatic heterocycles. The summed E-state index contributed by atoms with van der Waals surface area (Å²) in [4.78, 5) is 11.0. The average Bonchev–Trinajstić information content (AvgIpc) is 2.08. The van der Waals surface area contributed by atoms with Crippen LogP contribution < -0.4 is 5.73 Å². The lowest BCUT2D eigenvalue weighted by molar-refractivity contribution is -0.148. The van der Waals surface area contributed by atoms with Crippen molar-refractivity contribution in [3.05, 3.63) is 0 Å². The molecule has 3 atom stereocenters. The molecule has 70 valence electrons. The highest BCUT2D eigenvalue weighted by molar-refractivity contribution is 5.72. The molecule has 0 spiro atoms. The van der Waals surface area contributed by atoms with E-state index in [1.54, 1.807) is 0 Å². The van der Waals surface area contributed by atoms with Gasteiger partial charge in [0, 0.05) is 6.04 Å². The zero-order chi connectivity index (χ0) is 9.14. The van der Waals surface area contributed by atoms with Crippen molar-refractivity contribution in [3.63, 3.8) is 0 Å². The van der Waals surface area contributed by atoms with Gasteiger partial charge in [-0.05, 0) is 19.3 Å². The van der Waals surface area contributed by atoms with Crippen molar-refractivity contribution in [2.75, 3.05) is 7.11 Å². The van der Waals surface area contributed by atoms with Crippen LogP contribution in [0, 0.1) is 5.92 Å². The Morgan fingerprint density at radius 2 is 2.25 bits per heavy atom.